The average Bonchev–Trinajstić information content (AvgIpc) is 2.64. The number of aromatic nitrogens is 2. The summed E-state index contributed by atoms with van der Waals surface area (Å²) in [5.41, 5.74) is 1.57. The molecule has 4 heteroatoms. The number of nitrogens with zero attached hydrogens (tertiary/aromatic N) is 3. The molecule has 0 aliphatic carbocycles. The quantitative estimate of drug-likeness (QED) is 0.769. The van der Waals surface area contributed by atoms with E-state index in [1.165, 1.54) is 0 Å². The number of hydrogen-bond acceptors (Lipinski definition) is 3. The Labute approximate surface area is 93.7 Å². The Morgan fingerprint density at radius 1 is 1.38 bits per heavy atom. The van der Waals surface area contributed by atoms with Crippen LogP contribution < -0.4 is 4.74 Å². The van der Waals surface area contributed by atoms with Crippen LogP contribution in [0.4, 0.5) is 0 Å². The van der Waals surface area contributed by atoms with E-state index in [9.17, 15) is 0 Å². The molecule has 0 fully saturated rings. The van der Waals surface area contributed by atoms with Crippen molar-refractivity contribution in [3.63, 3.8) is 0 Å². The molecule has 0 spiro atoms. The van der Waals surface area contributed by atoms with Gasteiger partial charge in [0.2, 0.25) is 0 Å². The van der Waals surface area contributed by atoms with Gasteiger partial charge in [-0.2, -0.15) is 10.4 Å². The maximum Gasteiger partial charge on any atom is 0.165 e. The number of benzene rings is 1. The first-order valence-corrected chi connectivity index (χ1v) is 4.86. The Bertz CT molecular complexity index is 552. The van der Waals surface area contributed by atoms with Crippen molar-refractivity contribution < 1.29 is 4.74 Å². The zero-order valence-electron chi connectivity index (χ0n) is 9.14. The van der Waals surface area contributed by atoms with Gasteiger partial charge >= 0.3 is 0 Å². The third-order valence-corrected chi connectivity index (χ3v) is 2.24. The molecule has 0 unspecified atom stereocenters. The molecule has 1 aromatic heterocycles. The van der Waals surface area contributed by atoms with Crippen LogP contribution in [0.5, 0.6) is 11.5 Å². The first-order chi connectivity index (χ1) is 7.69. The van der Waals surface area contributed by atoms with Crippen molar-refractivity contribution in [2.75, 3.05) is 0 Å². The summed E-state index contributed by atoms with van der Waals surface area (Å²) < 4.78 is 7.26. The van der Waals surface area contributed by atoms with Gasteiger partial charge < -0.3 is 4.74 Å². The van der Waals surface area contributed by atoms with Gasteiger partial charge in [0.25, 0.3) is 0 Å². The Morgan fingerprint density at radius 3 is 2.75 bits per heavy atom. The summed E-state index contributed by atoms with van der Waals surface area (Å²) in [7, 11) is 1.83. The third-order valence-electron chi connectivity index (χ3n) is 2.24. The van der Waals surface area contributed by atoms with Crippen LogP contribution in [-0.2, 0) is 7.05 Å². The fourth-order valence-corrected chi connectivity index (χ4v) is 1.41. The number of nitriles is 1. The highest BCUT2D eigenvalue weighted by Crippen LogP contribution is 2.22. The molecule has 0 N–H and O–H groups in total. The third kappa shape index (κ3) is 2.04. The summed E-state index contributed by atoms with van der Waals surface area (Å²) in [6, 6.07) is 7.48. The molecule has 2 aromatic rings. The second-order valence-electron chi connectivity index (χ2n) is 3.54. The largest absolute Gasteiger partial charge is 0.454 e. The molecule has 0 saturated carbocycles. The van der Waals surface area contributed by atoms with E-state index in [0.29, 0.717) is 17.1 Å². The van der Waals surface area contributed by atoms with E-state index in [4.69, 9.17) is 10.00 Å². The molecule has 0 saturated heterocycles. The number of ether oxygens (including phenoxy) is 1. The van der Waals surface area contributed by atoms with Gasteiger partial charge in [-0.1, -0.05) is 0 Å². The lowest BCUT2D eigenvalue weighted by molar-refractivity contribution is 0.481. The first kappa shape index (κ1) is 10.2. The van der Waals surface area contributed by atoms with Crippen molar-refractivity contribution in [3.8, 4) is 17.6 Å². The van der Waals surface area contributed by atoms with Gasteiger partial charge in [0.1, 0.15) is 5.75 Å². The van der Waals surface area contributed by atoms with E-state index < -0.39 is 0 Å². The van der Waals surface area contributed by atoms with E-state index in [2.05, 4.69) is 11.2 Å². The monoisotopic (exact) mass is 213 g/mol. The normalized spacial score (nSPS) is 9.81. The molecule has 0 aliphatic heterocycles. The van der Waals surface area contributed by atoms with E-state index in [1.807, 2.05) is 20.0 Å². The minimum atomic E-state index is 0.665. The van der Waals surface area contributed by atoms with E-state index >= 15 is 0 Å². The maximum atomic E-state index is 8.80. The second-order valence-corrected chi connectivity index (χ2v) is 3.54. The SMILES string of the molecule is Cc1cc(Oc2cnn(C)c2)ccc1C#N. The van der Waals surface area contributed by atoms with Crippen LogP contribution in [0.15, 0.2) is 30.6 Å². The van der Waals surface area contributed by atoms with Crippen molar-refractivity contribution in [2.45, 2.75) is 6.92 Å². The van der Waals surface area contributed by atoms with Crippen LogP contribution >= 0.6 is 0 Å². The molecule has 4 nitrogen and oxygen atoms in total. The predicted octanol–water partition coefficient (Wildman–Crippen LogP) is 2.39. The Kier molecular flexibility index (Phi) is 2.61. The molecule has 0 bridgehead atoms. The molecule has 1 heterocycles. The van der Waals surface area contributed by atoms with Crippen LogP contribution in [0.3, 0.4) is 0 Å². The lowest BCUT2D eigenvalue weighted by atomic mass is 10.1. The molecule has 0 radical (unpaired) electrons. The Hall–Kier alpha value is -2.28. The molecule has 0 aliphatic rings. The fourth-order valence-electron chi connectivity index (χ4n) is 1.41. The van der Waals surface area contributed by atoms with Crippen molar-refractivity contribution in [1.82, 2.24) is 9.78 Å². The Morgan fingerprint density at radius 2 is 2.19 bits per heavy atom. The highest BCUT2D eigenvalue weighted by atomic mass is 16.5. The van der Waals surface area contributed by atoms with Crippen molar-refractivity contribution in [2.24, 2.45) is 7.05 Å². The minimum absolute atomic E-state index is 0.665. The van der Waals surface area contributed by atoms with Gasteiger partial charge in [-0.05, 0) is 30.7 Å². The van der Waals surface area contributed by atoms with Gasteiger partial charge in [0.05, 0.1) is 24.0 Å². The zero-order chi connectivity index (χ0) is 11.5. The summed E-state index contributed by atoms with van der Waals surface area (Å²) in [6.07, 6.45) is 3.43. The topological polar surface area (TPSA) is 50.8 Å². The van der Waals surface area contributed by atoms with E-state index in [1.54, 1.807) is 29.2 Å². The van der Waals surface area contributed by atoms with Crippen LogP contribution in [0.1, 0.15) is 11.1 Å². The smallest absolute Gasteiger partial charge is 0.165 e. The highest BCUT2D eigenvalue weighted by molar-refractivity contribution is 5.42. The van der Waals surface area contributed by atoms with E-state index in [-0.39, 0.29) is 0 Å². The standard InChI is InChI=1S/C12H11N3O/c1-9-5-11(4-3-10(9)6-13)16-12-7-14-15(2)8-12/h3-5,7-8H,1-2H3. The van der Waals surface area contributed by atoms with Gasteiger partial charge in [0.15, 0.2) is 5.75 Å². The maximum absolute atomic E-state index is 8.80. The molecule has 2 rings (SSSR count). The van der Waals surface area contributed by atoms with Gasteiger partial charge in [-0.3, -0.25) is 4.68 Å². The average molecular weight is 213 g/mol. The molecular formula is C12H11N3O. The Balaban J connectivity index is 2.23. The van der Waals surface area contributed by atoms with E-state index in [0.717, 1.165) is 5.56 Å². The van der Waals surface area contributed by atoms with Crippen LogP contribution in [0.25, 0.3) is 0 Å². The second kappa shape index (κ2) is 4.07. The van der Waals surface area contributed by atoms with Crippen LogP contribution in [-0.4, -0.2) is 9.78 Å². The molecule has 0 atom stereocenters. The fraction of sp³-hybridized carbons (Fsp3) is 0.167. The van der Waals surface area contributed by atoms with Gasteiger partial charge in [-0.25, -0.2) is 0 Å². The molecule has 1 aromatic carbocycles. The first-order valence-electron chi connectivity index (χ1n) is 4.86. The van der Waals surface area contributed by atoms with Crippen LogP contribution in [0, 0.1) is 18.3 Å². The lowest BCUT2D eigenvalue weighted by Gasteiger charge is -2.04. The van der Waals surface area contributed by atoms with Crippen molar-refractivity contribution >= 4 is 0 Å². The van der Waals surface area contributed by atoms with Gasteiger partial charge in [-0.15, -0.1) is 0 Å². The molecule has 0 amide bonds. The molecule has 80 valence electrons. The summed E-state index contributed by atoms with van der Waals surface area (Å²) in [5, 5.41) is 12.8. The van der Waals surface area contributed by atoms with Crippen LogP contribution in [0.2, 0.25) is 0 Å². The zero-order valence-corrected chi connectivity index (χ0v) is 9.14. The lowest BCUT2D eigenvalue weighted by Crippen LogP contribution is -1.87. The summed E-state index contributed by atoms with van der Waals surface area (Å²) >= 11 is 0. The van der Waals surface area contributed by atoms with Crippen molar-refractivity contribution in [3.05, 3.63) is 41.7 Å². The summed E-state index contributed by atoms with van der Waals surface area (Å²) in [6.45, 7) is 1.88. The molecule has 16 heavy (non-hydrogen) atoms. The van der Waals surface area contributed by atoms with Crippen molar-refractivity contribution in [1.29, 1.82) is 5.26 Å². The highest BCUT2D eigenvalue weighted by Gasteiger charge is 2.02. The summed E-state index contributed by atoms with van der Waals surface area (Å²) in [5.74, 6) is 1.40. The predicted molar refractivity (Wildman–Crippen MR) is 59.2 cm³/mol. The molecular weight excluding hydrogens is 202 g/mol. The number of aryl methyl sites for hydroxylation is 2. The summed E-state index contributed by atoms with van der Waals surface area (Å²) in [4.78, 5) is 0. The number of hydrogen-bond donors (Lipinski definition) is 0. The van der Waals surface area contributed by atoms with Gasteiger partial charge in [0, 0.05) is 7.05 Å². The number of rotatable bonds is 2. The minimum Gasteiger partial charge on any atom is -0.454 e.